The molecule has 3 heteroatoms. The van der Waals surface area contributed by atoms with E-state index in [0.29, 0.717) is 17.4 Å². The molecule has 0 bridgehead atoms. The monoisotopic (exact) mass is 261 g/mol. The fraction of sp³-hybridized carbons (Fsp3) is 0.200. The predicted octanol–water partition coefficient (Wildman–Crippen LogP) is 4.04. The Morgan fingerprint density at radius 1 is 1.22 bits per heavy atom. The SMILES string of the molecule is COc1ccc(COc2cc[c]cc2C)cc1Cl. The summed E-state index contributed by atoms with van der Waals surface area (Å²) in [5.41, 5.74) is 2.07. The molecule has 0 saturated carbocycles. The molecule has 0 unspecified atom stereocenters. The molecule has 18 heavy (non-hydrogen) atoms. The van der Waals surface area contributed by atoms with Gasteiger partial charge in [0, 0.05) is 0 Å². The number of aryl methyl sites for hydroxylation is 1. The standard InChI is InChI=1S/C15H14ClO2/c1-11-5-3-4-6-14(11)18-10-12-7-8-15(17-2)13(16)9-12/h4-9H,10H2,1-2H3. The molecule has 2 rings (SSSR count). The third kappa shape index (κ3) is 2.96. The van der Waals surface area contributed by atoms with Crippen LogP contribution < -0.4 is 9.47 Å². The van der Waals surface area contributed by atoms with E-state index in [-0.39, 0.29) is 0 Å². The molecule has 0 aliphatic rings. The maximum absolute atomic E-state index is 6.06. The molecule has 2 aromatic carbocycles. The summed E-state index contributed by atoms with van der Waals surface area (Å²) in [6, 6.07) is 14.3. The Bertz CT molecular complexity index is 538. The van der Waals surface area contributed by atoms with Crippen molar-refractivity contribution >= 4 is 11.6 Å². The van der Waals surface area contributed by atoms with E-state index in [1.807, 2.05) is 43.3 Å². The lowest BCUT2D eigenvalue weighted by Crippen LogP contribution is -1.97. The Kier molecular flexibility index (Phi) is 4.11. The molecule has 2 aromatic rings. The largest absolute Gasteiger partial charge is 0.495 e. The van der Waals surface area contributed by atoms with Crippen molar-refractivity contribution in [1.82, 2.24) is 0 Å². The molecule has 0 aliphatic heterocycles. The maximum atomic E-state index is 6.06. The van der Waals surface area contributed by atoms with Crippen molar-refractivity contribution in [1.29, 1.82) is 0 Å². The van der Waals surface area contributed by atoms with Crippen LogP contribution in [0.15, 0.2) is 36.4 Å². The minimum atomic E-state index is 0.481. The van der Waals surface area contributed by atoms with Crippen LogP contribution in [0.1, 0.15) is 11.1 Å². The van der Waals surface area contributed by atoms with E-state index in [4.69, 9.17) is 21.1 Å². The molecule has 93 valence electrons. The van der Waals surface area contributed by atoms with Crippen molar-refractivity contribution in [3.8, 4) is 11.5 Å². The average Bonchev–Trinajstić information content (AvgIpc) is 2.38. The van der Waals surface area contributed by atoms with Crippen LogP contribution in [0.3, 0.4) is 0 Å². The topological polar surface area (TPSA) is 18.5 Å². The van der Waals surface area contributed by atoms with Gasteiger partial charge in [0.2, 0.25) is 0 Å². The summed E-state index contributed by atoms with van der Waals surface area (Å²) in [5.74, 6) is 1.53. The van der Waals surface area contributed by atoms with Crippen LogP contribution in [-0.2, 0) is 6.61 Å². The summed E-state index contributed by atoms with van der Waals surface area (Å²) >= 11 is 6.06. The van der Waals surface area contributed by atoms with Crippen LogP contribution in [0, 0.1) is 13.0 Å². The van der Waals surface area contributed by atoms with Gasteiger partial charge in [-0.25, -0.2) is 0 Å². The zero-order chi connectivity index (χ0) is 13.0. The second kappa shape index (κ2) is 5.78. The smallest absolute Gasteiger partial charge is 0.137 e. The van der Waals surface area contributed by atoms with Crippen molar-refractivity contribution in [3.63, 3.8) is 0 Å². The predicted molar refractivity (Wildman–Crippen MR) is 72.4 cm³/mol. The van der Waals surface area contributed by atoms with Gasteiger partial charge in [0.05, 0.1) is 12.1 Å². The zero-order valence-electron chi connectivity index (χ0n) is 10.4. The normalized spacial score (nSPS) is 10.2. The highest BCUT2D eigenvalue weighted by molar-refractivity contribution is 6.32. The van der Waals surface area contributed by atoms with Crippen molar-refractivity contribution in [2.75, 3.05) is 7.11 Å². The number of ether oxygens (including phenoxy) is 2. The summed E-state index contributed by atoms with van der Waals surface area (Å²) in [5, 5.41) is 0.594. The van der Waals surface area contributed by atoms with Gasteiger partial charge in [0.15, 0.2) is 0 Å². The molecule has 0 heterocycles. The first-order chi connectivity index (χ1) is 8.70. The quantitative estimate of drug-likeness (QED) is 0.827. The molecule has 1 radical (unpaired) electrons. The average molecular weight is 262 g/mol. The van der Waals surface area contributed by atoms with Crippen LogP contribution in [0.2, 0.25) is 5.02 Å². The number of rotatable bonds is 4. The first-order valence-electron chi connectivity index (χ1n) is 5.62. The van der Waals surface area contributed by atoms with E-state index in [1.54, 1.807) is 7.11 Å². The van der Waals surface area contributed by atoms with Gasteiger partial charge in [-0.3, -0.25) is 0 Å². The number of hydrogen-bond donors (Lipinski definition) is 0. The van der Waals surface area contributed by atoms with Gasteiger partial charge in [-0.1, -0.05) is 23.7 Å². The van der Waals surface area contributed by atoms with E-state index < -0.39 is 0 Å². The second-order valence-corrected chi connectivity index (χ2v) is 4.36. The van der Waals surface area contributed by atoms with Gasteiger partial charge in [0.1, 0.15) is 18.1 Å². The first-order valence-corrected chi connectivity index (χ1v) is 6.00. The first kappa shape index (κ1) is 12.8. The van der Waals surface area contributed by atoms with Crippen molar-refractivity contribution in [2.45, 2.75) is 13.5 Å². The molecule has 0 fully saturated rings. The van der Waals surface area contributed by atoms with E-state index >= 15 is 0 Å². The van der Waals surface area contributed by atoms with Gasteiger partial charge < -0.3 is 9.47 Å². The van der Waals surface area contributed by atoms with Crippen LogP contribution in [0.25, 0.3) is 0 Å². The molecule has 0 N–H and O–H groups in total. The van der Waals surface area contributed by atoms with Crippen molar-refractivity contribution < 1.29 is 9.47 Å². The lowest BCUT2D eigenvalue weighted by atomic mass is 10.2. The van der Waals surface area contributed by atoms with Crippen molar-refractivity contribution in [2.24, 2.45) is 0 Å². The summed E-state index contributed by atoms with van der Waals surface area (Å²) in [6.45, 7) is 2.47. The number of hydrogen-bond acceptors (Lipinski definition) is 2. The zero-order valence-corrected chi connectivity index (χ0v) is 11.1. The maximum Gasteiger partial charge on any atom is 0.137 e. The van der Waals surface area contributed by atoms with Crippen LogP contribution in [0.5, 0.6) is 11.5 Å². The lowest BCUT2D eigenvalue weighted by molar-refractivity contribution is 0.304. The summed E-state index contributed by atoms with van der Waals surface area (Å²) < 4.78 is 10.8. The summed E-state index contributed by atoms with van der Waals surface area (Å²) in [4.78, 5) is 0. The van der Waals surface area contributed by atoms with Gasteiger partial charge >= 0.3 is 0 Å². The molecule has 0 saturated heterocycles. The van der Waals surface area contributed by atoms with Crippen LogP contribution >= 0.6 is 11.6 Å². The Morgan fingerprint density at radius 3 is 2.72 bits per heavy atom. The van der Waals surface area contributed by atoms with Gasteiger partial charge in [-0.2, -0.15) is 0 Å². The second-order valence-electron chi connectivity index (χ2n) is 3.95. The Morgan fingerprint density at radius 2 is 2.06 bits per heavy atom. The fourth-order valence-corrected chi connectivity index (χ4v) is 1.90. The van der Waals surface area contributed by atoms with Gasteiger partial charge in [-0.15, -0.1) is 0 Å². The molecule has 0 atom stereocenters. The molecule has 2 nitrogen and oxygen atoms in total. The number of methoxy groups -OCH3 is 1. The Labute approximate surface area is 112 Å². The summed E-state index contributed by atoms with van der Waals surface area (Å²) in [7, 11) is 1.60. The van der Waals surface area contributed by atoms with Crippen LogP contribution in [-0.4, -0.2) is 7.11 Å². The van der Waals surface area contributed by atoms with E-state index in [9.17, 15) is 0 Å². The minimum absolute atomic E-state index is 0.481. The Hall–Kier alpha value is -1.67. The molecule has 0 amide bonds. The molecular formula is C15H14ClO2. The van der Waals surface area contributed by atoms with E-state index in [0.717, 1.165) is 16.9 Å². The molecule has 0 spiro atoms. The van der Waals surface area contributed by atoms with Crippen LogP contribution in [0.4, 0.5) is 0 Å². The van der Waals surface area contributed by atoms with E-state index in [2.05, 4.69) is 6.07 Å². The number of halogens is 1. The molecular weight excluding hydrogens is 248 g/mol. The number of benzene rings is 2. The third-order valence-corrected chi connectivity index (χ3v) is 2.93. The third-order valence-electron chi connectivity index (χ3n) is 2.63. The molecule has 0 aliphatic carbocycles. The fourth-order valence-electron chi connectivity index (χ4n) is 1.62. The highest BCUT2D eigenvalue weighted by Crippen LogP contribution is 2.26. The van der Waals surface area contributed by atoms with Gasteiger partial charge in [-0.05, 0) is 48.4 Å². The van der Waals surface area contributed by atoms with E-state index in [1.165, 1.54) is 0 Å². The Balaban J connectivity index is 2.07. The minimum Gasteiger partial charge on any atom is -0.495 e. The van der Waals surface area contributed by atoms with Gasteiger partial charge in [0.25, 0.3) is 0 Å². The molecule has 0 aromatic heterocycles. The highest BCUT2D eigenvalue weighted by atomic mass is 35.5. The summed E-state index contributed by atoms with van der Waals surface area (Å²) in [6.07, 6.45) is 0. The van der Waals surface area contributed by atoms with Crippen molar-refractivity contribution in [3.05, 3.63) is 58.6 Å². The lowest BCUT2D eigenvalue weighted by Gasteiger charge is -2.10. The highest BCUT2D eigenvalue weighted by Gasteiger charge is 2.03.